The number of hydrogen-bond acceptors (Lipinski definition) is 16. The minimum Gasteiger partial charge on any atom is -0.481 e. The van der Waals surface area contributed by atoms with Crippen LogP contribution in [0.15, 0.2) is 133 Å². The fourth-order valence-electron chi connectivity index (χ4n) is 11.6. The van der Waals surface area contributed by atoms with E-state index in [4.69, 9.17) is 28.7 Å². The van der Waals surface area contributed by atoms with Crippen LogP contribution in [0.2, 0.25) is 0 Å². The largest absolute Gasteiger partial charge is 0.481 e. The molecule has 3 aromatic carbocycles. The van der Waals surface area contributed by atoms with Crippen LogP contribution >= 0.6 is 11.8 Å². The standard InChI is InChI=1S/2C22H23FN6O2.C20H21FN4OS/c2*1-14-10-28(19-6-4-15(23)8-18(14)19)17-11-27(12-17)22-26-25-20(13-30-2)29(22)16-5-7-21(31-3)24-9-16;1-13-10-25(18-6-4-14(21)8-17(13)18)16-11-24(12-16)20(27-3)23-15-5-7-19(26-2)22-9-15/h2*4-10,17H,11-13H2,1-3H3;4-10,16H,11-12H2,1-3H3. The van der Waals surface area contributed by atoms with Gasteiger partial charge in [0.2, 0.25) is 29.5 Å². The molecule has 0 unspecified atom stereocenters. The lowest BCUT2D eigenvalue weighted by molar-refractivity contribution is 0.176. The highest BCUT2D eigenvalue weighted by atomic mass is 32.2. The number of fused-ring (bicyclic) bond motifs is 3. The van der Waals surface area contributed by atoms with E-state index in [9.17, 15) is 13.2 Å². The van der Waals surface area contributed by atoms with Crippen LogP contribution in [0.1, 0.15) is 46.5 Å². The van der Waals surface area contributed by atoms with Gasteiger partial charge in [0.15, 0.2) is 16.8 Å². The number of hydrogen-bond donors (Lipinski definition) is 0. The predicted octanol–water partition coefficient (Wildman–Crippen LogP) is 11.0. The van der Waals surface area contributed by atoms with E-state index < -0.39 is 0 Å². The monoisotopic (exact) mass is 1230 g/mol. The highest BCUT2D eigenvalue weighted by Gasteiger charge is 2.36. The molecular weight excluding hydrogens is 1160 g/mol. The zero-order chi connectivity index (χ0) is 62.0. The van der Waals surface area contributed by atoms with E-state index in [-0.39, 0.29) is 29.5 Å². The summed E-state index contributed by atoms with van der Waals surface area (Å²) in [5.74, 6) is 3.94. The Kier molecular flexibility index (Phi) is 17.3. The first-order valence-corrected chi connectivity index (χ1v) is 30.0. The number of aryl methyl sites for hydroxylation is 3. The summed E-state index contributed by atoms with van der Waals surface area (Å²) >= 11 is 1.62. The number of pyridine rings is 3. The average Bonchev–Trinajstić information content (AvgIpc) is 1.86. The van der Waals surface area contributed by atoms with Gasteiger partial charge in [-0.05, 0) is 117 Å². The molecule has 0 bridgehead atoms. The Balaban J connectivity index is 0.000000130. The normalized spacial score (nSPS) is 14.6. The van der Waals surface area contributed by atoms with Crippen LogP contribution in [0.5, 0.6) is 17.6 Å². The summed E-state index contributed by atoms with van der Waals surface area (Å²) in [4.78, 5) is 24.1. The van der Waals surface area contributed by atoms with Crippen molar-refractivity contribution in [1.82, 2.24) is 63.1 Å². The molecule has 3 saturated heterocycles. The number of methoxy groups -OCH3 is 5. The van der Waals surface area contributed by atoms with Gasteiger partial charge in [-0.3, -0.25) is 9.13 Å². The van der Waals surface area contributed by atoms with E-state index in [2.05, 4.69) is 82.3 Å². The Morgan fingerprint density at radius 3 is 1.21 bits per heavy atom. The van der Waals surface area contributed by atoms with Crippen molar-refractivity contribution in [2.75, 3.05) is 90.9 Å². The number of thioether (sulfide) groups is 1. The number of aromatic nitrogens is 12. The van der Waals surface area contributed by atoms with Gasteiger partial charge in [0.05, 0.1) is 75.1 Å². The smallest absolute Gasteiger partial charge is 0.232 e. The van der Waals surface area contributed by atoms with Gasteiger partial charge >= 0.3 is 0 Å². The third-order valence-corrected chi connectivity index (χ3v) is 17.0. The van der Waals surface area contributed by atoms with Crippen molar-refractivity contribution in [1.29, 1.82) is 0 Å². The van der Waals surface area contributed by atoms with Gasteiger partial charge in [0.1, 0.15) is 30.7 Å². The summed E-state index contributed by atoms with van der Waals surface area (Å²) in [7, 11) is 8.04. The van der Waals surface area contributed by atoms with Gasteiger partial charge in [-0.2, -0.15) is 0 Å². The Bertz CT molecular complexity index is 4130. The van der Waals surface area contributed by atoms with Crippen molar-refractivity contribution in [3.05, 3.63) is 174 Å². The van der Waals surface area contributed by atoms with Gasteiger partial charge in [0.25, 0.3) is 0 Å². The maximum atomic E-state index is 13.7. The summed E-state index contributed by atoms with van der Waals surface area (Å²) < 4.78 is 77.5. The molecule has 0 N–H and O–H groups in total. The van der Waals surface area contributed by atoms with E-state index in [1.807, 2.05) is 90.8 Å². The molecule has 11 aromatic rings. The zero-order valence-electron chi connectivity index (χ0n) is 50.8. The average molecular weight is 1230 g/mol. The van der Waals surface area contributed by atoms with Crippen LogP contribution in [0, 0.1) is 38.2 Å². The second kappa shape index (κ2) is 25.7. The van der Waals surface area contributed by atoms with E-state index in [0.29, 0.717) is 48.5 Å². The molecule has 0 aliphatic carbocycles. The lowest BCUT2D eigenvalue weighted by Gasteiger charge is -2.41. The number of rotatable bonds is 15. The summed E-state index contributed by atoms with van der Waals surface area (Å²) in [6.07, 6.45) is 13.5. The molecule has 460 valence electrons. The van der Waals surface area contributed by atoms with E-state index in [1.54, 1.807) is 84.1 Å². The fraction of sp³-hybridized carbons (Fsp3) is 0.312. The number of likely N-dealkylation sites (tertiary alicyclic amines) is 1. The SMILES string of the molecule is COCc1nnc(N2CC(n3cc(C)c4cc(F)ccc43)C2)n1-c1ccc(OC)nc1.COCc1nnc(N2CC(n3cc(C)c4cc(F)ccc43)C2)n1-c1ccc(OC)nc1.COc1ccc(N=C(SC)N2CC(n3cc(C)c4cc(F)ccc43)C2)cn1. The third-order valence-electron chi connectivity index (χ3n) is 16.3. The van der Waals surface area contributed by atoms with Crippen LogP contribution < -0.4 is 24.0 Å². The van der Waals surface area contributed by atoms with Crippen LogP contribution in [-0.2, 0) is 22.7 Å². The molecule has 0 amide bonds. The van der Waals surface area contributed by atoms with E-state index in [1.165, 1.54) is 18.2 Å². The first-order chi connectivity index (χ1) is 43.3. The second-order valence-electron chi connectivity index (χ2n) is 22.0. The number of nitrogens with zero attached hydrogens (tertiary/aromatic N) is 16. The van der Waals surface area contributed by atoms with Crippen LogP contribution in [0.3, 0.4) is 0 Å². The number of amidine groups is 1. The Labute approximate surface area is 515 Å². The summed E-state index contributed by atoms with van der Waals surface area (Å²) in [5.41, 5.74) is 8.91. The minimum absolute atomic E-state index is 0.191. The molecule has 3 aliphatic heterocycles. The van der Waals surface area contributed by atoms with E-state index in [0.717, 1.165) is 123 Å². The number of halogens is 3. The molecule has 0 radical (unpaired) electrons. The maximum Gasteiger partial charge on any atom is 0.232 e. The number of aliphatic imine (C=N–C) groups is 1. The van der Waals surface area contributed by atoms with Crippen molar-refractivity contribution in [3.8, 4) is 29.0 Å². The molecule has 3 aliphatic rings. The lowest BCUT2D eigenvalue weighted by atomic mass is 10.1. The molecule has 0 saturated carbocycles. The van der Waals surface area contributed by atoms with Gasteiger partial charge in [-0.15, -0.1) is 20.4 Å². The second-order valence-corrected chi connectivity index (χ2v) is 22.7. The van der Waals surface area contributed by atoms with Crippen molar-refractivity contribution in [3.63, 3.8) is 0 Å². The summed E-state index contributed by atoms with van der Waals surface area (Å²) in [6.45, 7) is 11.6. The molecule has 89 heavy (non-hydrogen) atoms. The van der Waals surface area contributed by atoms with Gasteiger partial charge in [0, 0.05) is 123 Å². The minimum atomic E-state index is -0.213. The van der Waals surface area contributed by atoms with Crippen molar-refractivity contribution < 1.29 is 36.9 Å². The number of benzene rings is 3. The topological polar surface area (TPSA) is 183 Å². The molecule has 8 aromatic heterocycles. The molecule has 11 heterocycles. The highest BCUT2D eigenvalue weighted by molar-refractivity contribution is 8.13. The molecule has 14 rings (SSSR count). The molecule has 25 heteroatoms. The van der Waals surface area contributed by atoms with Gasteiger partial charge in [-0.1, -0.05) is 11.8 Å². The first kappa shape index (κ1) is 59.9. The quantitative estimate of drug-likeness (QED) is 0.0697. The molecule has 0 spiro atoms. The van der Waals surface area contributed by atoms with Crippen molar-refractivity contribution in [2.24, 2.45) is 4.99 Å². The lowest BCUT2D eigenvalue weighted by Crippen LogP contribution is -2.49. The molecule has 21 nitrogen and oxygen atoms in total. The molecule has 0 atom stereocenters. The Morgan fingerprint density at radius 2 is 0.876 bits per heavy atom. The van der Waals surface area contributed by atoms with Crippen molar-refractivity contribution >= 4 is 67.2 Å². The number of ether oxygens (including phenoxy) is 5. The summed E-state index contributed by atoms with van der Waals surface area (Å²) in [6, 6.07) is 27.0. The van der Waals surface area contributed by atoms with Gasteiger partial charge < -0.3 is 52.1 Å². The zero-order valence-corrected chi connectivity index (χ0v) is 51.6. The predicted molar refractivity (Wildman–Crippen MR) is 337 cm³/mol. The van der Waals surface area contributed by atoms with E-state index >= 15 is 0 Å². The Hall–Kier alpha value is -9.46. The summed E-state index contributed by atoms with van der Waals surface area (Å²) in [5, 5.41) is 21.4. The molecular formula is C64H67F3N16O5S. The van der Waals surface area contributed by atoms with Crippen LogP contribution in [-0.4, -0.2) is 149 Å². The van der Waals surface area contributed by atoms with Crippen LogP contribution in [0.25, 0.3) is 44.1 Å². The third kappa shape index (κ3) is 12.0. The number of anilines is 2. The first-order valence-electron chi connectivity index (χ1n) is 28.8. The molecule has 3 fully saturated rings. The Morgan fingerprint density at radius 1 is 0.494 bits per heavy atom. The van der Waals surface area contributed by atoms with Crippen molar-refractivity contribution in [2.45, 2.75) is 52.1 Å². The van der Waals surface area contributed by atoms with Crippen LogP contribution in [0.4, 0.5) is 30.8 Å². The van der Waals surface area contributed by atoms with Gasteiger partial charge in [-0.25, -0.2) is 33.1 Å². The maximum absolute atomic E-state index is 13.7. The fourth-order valence-corrected chi connectivity index (χ4v) is 12.2. The highest BCUT2D eigenvalue weighted by Crippen LogP contribution is 2.37.